The lowest BCUT2D eigenvalue weighted by Gasteiger charge is -2.34. The molecule has 0 aromatic rings. The molecule has 3 atom stereocenters. The van der Waals surface area contributed by atoms with Gasteiger partial charge in [0.15, 0.2) is 0 Å². The van der Waals surface area contributed by atoms with Crippen molar-refractivity contribution >= 4 is 0 Å². The maximum atomic E-state index is 12.2. The zero-order valence-corrected chi connectivity index (χ0v) is 7.57. The Morgan fingerprint density at radius 3 is 1.33 bits per heavy atom. The summed E-state index contributed by atoms with van der Waals surface area (Å²) >= 11 is 0. The van der Waals surface area contributed by atoms with Gasteiger partial charge in [0, 0.05) is 0 Å². The smallest absolute Gasteiger partial charge is 0.391 e. The molecular weight excluding hydrogens is 226 g/mol. The summed E-state index contributed by atoms with van der Waals surface area (Å²) in [5.41, 5.74) is 0. The van der Waals surface area contributed by atoms with Crippen molar-refractivity contribution in [3.05, 3.63) is 0 Å². The highest BCUT2D eigenvalue weighted by Gasteiger charge is 2.51. The summed E-state index contributed by atoms with van der Waals surface area (Å²) in [4.78, 5) is 0. The highest BCUT2D eigenvalue weighted by molar-refractivity contribution is 4.85. The van der Waals surface area contributed by atoms with E-state index in [-0.39, 0.29) is 0 Å². The van der Waals surface area contributed by atoms with E-state index in [1.807, 2.05) is 0 Å². The summed E-state index contributed by atoms with van der Waals surface area (Å²) in [6.45, 7) is 0. The molecule has 1 unspecified atom stereocenters. The largest absolute Gasteiger partial charge is 0.393 e. The molecule has 15 heavy (non-hydrogen) atoms. The lowest BCUT2D eigenvalue weighted by atomic mass is 9.79. The van der Waals surface area contributed by atoms with Gasteiger partial charge >= 0.3 is 12.4 Å². The number of hydrogen-bond donors (Lipinski definition) is 1. The minimum absolute atomic E-state index is 0.629. The van der Waals surface area contributed by atoms with Gasteiger partial charge in [-0.3, -0.25) is 0 Å². The molecule has 0 bridgehead atoms. The lowest BCUT2D eigenvalue weighted by Crippen LogP contribution is -2.40. The normalized spacial score (nSPS) is 34.2. The Labute approximate surface area is 82.1 Å². The molecule has 0 saturated heterocycles. The summed E-state index contributed by atoms with van der Waals surface area (Å²) < 4.78 is 73.2. The van der Waals surface area contributed by atoms with Crippen LogP contribution in [0.1, 0.15) is 19.3 Å². The Morgan fingerprint density at radius 1 is 0.733 bits per heavy atom. The van der Waals surface area contributed by atoms with E-state index >= 15 is 0 Å². The van der Waals surface area contributed by atoms with Gasteiger partial charge < -0.3 is 5.11 Å². The standard InChI is InChI=1S/C8H10F6O/c9-7(10,11)4-1-5(8(12,13)14)3-6(15)2-4/h4-6,15H,1-3H2/t4-,5+,6?. The van der Waals surface area contributed by atoms with Gasteiger partial charge in [-0.15, -0.1) is 0 Å². The fourth-order valence-electron chi connectivity index (χ4n) is 1.82. The predicted octanol–water partition coefficient (Wildman–Crippen LogP) is 2.89. The number of aliphatic hydroxyl groups is 1. The van der Waals surface area contributed by atoms with Crippen LogP contribution < -0.4 is 0 Å². The molecule has 0 aromatic heterocycles. The van der Waals surface area contributed by atoms with E-state index in [2.05, 4.69) is 0 Å². The molecule has 90 valence electrons. The third kappa shape index (κ3) is 3.25. The van der Waals surface area contributed by atoms with E-state index in [1.165, 1.54) is 0 Å². The van der Waals surface area contributed by atoms with Crippen molar-refractivity contribution in [3.63, 3.8) is 0 Å². The molecule has 1 saturated carbocycles. The first-order valence-electron chi connectivity index (χ1n) is 4.42. The number of rotatable bonds is 0. The maximum Gasteiger partial charge on any atom is 0.391 e. The molecule has 0 aromatic carbocycles. The highest BCUT2D eigenvalue weighted by atomic mass is 19.4. The number of alkyl halides is 6. The van der Waals surface area contributed by atoms with E-state index in [0.717, 1.165) is 0 Å². The molecule has 7 heteroatoms. The third-order valence-corrected chi connectivity index (χ3v) is 2.61. The average molecular weight is 236 g/mol. The molecule has 0 radical (unpaired) electrons. The molecule has 0 aliphatic heterocycles. The fourth-order valence-corrected chi connectivity index (χ4v) is 1.82. The molecule has 0 heterocycles. The van der Waals surface area contributed by atoms with Crippen LogP contribution in [0.3, 0.4) is 0 Å². The predicted molar refractivity (Wildman–Crippen MR) is 38.9 cm³/mol. The summed E-state index contributed by atoms with van der Waals surface area (Å²) in [5.74, 6) is -4.10. The molecule has 1 nitrogen and oxygen atoms in total. The van der Waals surface area contributed by atoms with Crippen molar-refractivity contribution in [2.45, 2.75) is 37.7 Å². The van der Waals surface area contributed by atoms with Crippen LogP contribution in [0, 0.1) is 11.8 Å². The monoisotopic (exact) mass is 236 g/mol. The first kappa shape index (κ1) is 12.6. The molecule has 1 aliphatic carbocycles. The van der Waals surface area contributed by atoms with Crippen molar-refractivity contribution < 1.29 is 31.4 Å². The minimum Gasteiger partial charge on any atom is -0.393 e. The van der Waals surface area contributed by atoms with Crippen molar-refractivity contribution in [2.75, 3.05) is 0 Å². The van der Waals surface area contributed by atoms with Crippen LogP contribution >= 0.6 is 0 Å². The van der Waals surface area contributed by atoms with Crippen molar-refractivity contribution in [1.29, 1.82) is 0 Å². The van der Waals surface area contributed by atoms with Gasteiger partial charge in [-0.2, -0.15) is 26.3 Å². The second-order valence-electron chi connectivity index (χ2n) is 3.84. The molecule has 1 fully saturated rings. The van der Waals surface area contributed by atoms with Gasteiger partial charge in [0.1, 0.15) is 0 Å². The first-order valence-corrected chi connectivity index (χ1v) is 4.42. The van der Waals surface area contributed by atoms with Gasteiger partial charge in [-0.1, -0.05) is 0 Å². The van der Waals surface area contributed by atoms with Crippen LogP contribution in [0.15, 0.2) is 0 Å². The first-order chi connectivity index (χ1) is 6.60. The van der Waals surface area contributed by atoms with Gasteiger partial charge in [0.2, 0.25) is 0 Å². The van der Waals surface area contributed by atoms with Crippen LogP contribution in [0.2, 0.25) is 0 Å². The Bertz CT molecular complexity index is 198. The van der Waals surface area contributed by atoms with Crippen molar-refractivity contribution in [2.24, 2.45) is 11.8 Å². The van der Waals surface area contributed by atoms with Crippen LogP contribution in [0.25, 0.3) is 0 Å². The Balaban J connectivity index is 2.73. The van der Waals surface area contributed by atoms with E-state index in [1.54, 1.807) is 0 Å². The zero-order chi connectivity index (χ0) is 11.9. The second kappa shape index (κ2) is 3.84. The third-order valence-electron chi connectivity index (χ3n) is 2.61. The Morgan fingerprint density at radius 2 is 1.07 bits per heavy atom. The molecule has 1 N–H and O–H groups in total. The van der Waals surface area contributed by atoms with Crippen molar-refractivity contribution in [1.82, 2.24) is 0 Å². The van der Waals surface area contributed by atoms with Crippen LogP contribution in [0.4, 0.5) is 26.3 Å². The summed E-state index contributed by atoms with van der Waals surface area (Å²) in [5, 5.41) is 8.98. The Kier molecular flexibility index (Phi) is 3.23. The zero-order valence-electron chi connectivity index (χ0n) is 7.57. The van der Waals surface area contributed by atoms with Crippen LogP contribution in [-0.4, -0.2) is 23.6 Å². The van der Waals surface area contributed by atoms with E-state index in [9.17, 15) is 26.3 Å². The number of aliphatic hydroxyl groups excluding tert-OH is 1. The molecule has 1 aliphatic rings. The minimum atomic E-state index is -4.66. The van der Waals surface area contributed by atoms with Gasteiger partial charge in [-0.05, 0) is 19.3 Å². The number of hydrogen-bond acceptors (Lipinski definition) is 1. The summed E-state index contributed by atoms with van der Waals surface area (Å²) in [6, 6.07) is 0. The van der Waals surface area contributed by atoms with E-state index in [4.69, 9.17) is 5.11 Å². The van der Waals surface area contributed by atoms with Crippen molar-refractivity contribution in [3.8, 4) is 0 Å². The van der Waals surface area contributed by atoms with Crippen LogP contribution in [-0.2, 0) is 0 Å². The molecule has 1 rings (SSSR count). The van der Waals surface area contributed by atoms with E-state index in [0.29, 0.717) is 0 Å². The summed E-state index contributed by atoms with van der Waals surface area (Å²) in [7, 11) is 0. The van der Waals surface area contributed by atoms with Gasteiger partial charge in [0.05, 0.1) is 17.9 Å². The second-order valence-corrected chi connectivity index (χ2v) is 3.84. The Hall–Kier alpha value is -0.460. The maximum absolute atomic E-state index is 12.2. The highest BCUT2D eigenvalue weighted by Crippen LogP contribution is 2.45. The SMILES string of the molecule is OC1C[C@@H](C(F)(F)F)C[C@@H](C(F)(F)F)C1. The van der Waals surface area contributed by atoms with E-state index < -0.39 is 49.6 Å². The fraction of sp³-hybridized carbons (Fsp3) is 1.00. The quantitative estimate of drug-likeness (QED) is 0.641. The number of halogens is 6. The molecular formula is C8H10F6O. The topological polar surface area (TPSA) is 20.2 Å². The average Bonchev–Trinajstić information content (AvgIpc) is 1.99. The van der Waals surface area contributed by atoms with Gasteiger partial charge in [-0.25, -0.2) is 0 Å². The lowest BCUT2D eigenvalue weighted by molar-refractivity contribution is -0.233. The van der Waals surface area contributed by atoms with Crippen LogP contribution in [0.5, 0.6) is 0 Å². The van der Waals surface area contributed by atoms with Gasteiger partial charge in [0.25, 0.3) is 0 Å². The molecule has 0 amide bonds. The summed E-state index contributed by atoms with van der Waals surface area (Å²) in [6.07, 6.45) is -13.1. The molecule has 0 spiro atoms.